The molecule has 2 aromatic rings. The number of para-hydroxylation sites is 2. The van der Waals surface area contributed by atoms with Gasteiger partial charge in [-0.3, -0.25) is 0 Å². The van der Waals surface area contributed by atoms with E-state index in [1.807, 2.05) is 0 Å². The Morgan fingerprint density at radius 2 is 0.938 bits per heavy atom. The van der Waals surface area contributed by atoms with E-state index in [1.165, 1.54) is 40.7 Å². The molecule has 0 saturated heterocycles. The van der Waals surface area contributed by atoms with Crippen LogP contribution in [0.5, 0.6) is 0 Å². The van der Waals surface area contributed by atoms with Gasteiger partial charge in [-0.2, -0.15) is 0 Å². The Kier molecular flexibility index (Phi) is 18.3. The van der Waals surface area contributed by atoms with Gasteiger partial charge in [-0.05, 0) is 56.4 Å². The molecule has 2 rings (SSSR count). The van der Waals surface area contributed by atoms with Gasteiger partial charge >= 0.3 is 0 Å². The summed E-state index contributed by atoms with van der Waals surface area (Å²) in [7, 11) is 0.137. The normalized spacial score (nSPS) is 11.9. The first-order valence-electron chi connectivity index (χ1n) is 11.6. The van der Waals surface area contributed by atoms with Crippen molar-refractivity contribution >= 4 is 19.3 Å². The Morgan fingerprint density at radius 1 is 0.656 bits per heavy atom. The fourth-order valence-electron chi connectivity index (χ4n) is 3.81. The Labute approximate surface area is 215 Å². The van der Waals surface area contributed by atoms with Crippen molar-refractivity contribution in [1.82, 2.24) is 0 Å². The van der Waals surface area contributed by atoms with Gasteiger partial charge in [0.05, 0.1) is 18.5 Å². The average Bonchev–Trinajstić information content (AvgIpc) is 2.70. The average molecular weight is 549 g/mol. The molecule has 0 aliphatic rings. The molecule has 0 fully saturated rings. The summed E-state index contributed by atoms with van der Waals surface area (Å²) in [5.74, 6) is 0. The predicted molar refractivity (Wildman–Crippen MR) is 148 cm³/mol. The zero-order chi connectivity index (χ0) is 22.7. The van der Waals surface area contributed by atoms with E-state index in [0.717, 1.165) is 17.8 Å². The largest absolute Gasteiger partial charge is 0.681 e. The predicted octanol–water partition coefficient (Wildman–Crippen LogP) is 9.51. The Bertz CT molecular complexity index is 656. The SMILES string of the molecule is CC[PH+](CC)CC.Cc1cccc(C)c1[N-]C(C)CC(C)[N-]c1c(C)cccc1C.[CH3-].[Pd]. The van der Waals surface area contributed by atoms with Crippen molar-refractivity contribution in [2.75, 3.05) is 18.5 Å². The molecule has 0 amide bonds. The molecule has 0 saturated carbocycles. The molecule has 0 bridgehead atoms. The summed E-state index contributed by atoms with van der Waals surface area (Å²) >= 11 is 0. The number of rotatable bonds is 9. The third-order valence-electron chi connectivity index (χ3n) is 5.76. The second kappa shape index (κ2) is 17.6. The second-order valence-electron chi connectivity index (χ2n) is 8.48. The minimum Gasteiger partial charge on any atom is -0.681 e. The van der Waals surface area contributed by atoms with E-state index in [9.17, 15) is 0 Å². The van der Waals surface area contributed by atoms with E-state index in [4.69, 9.17) is 10.6 Å². The standard InChI is InChI=1S/C21H28N2.C6H15P.CH3.Pd/c1-14-9-7-10-15(2)20(14)22-18(5)13-19(6)23-21-16(3)11-8-12-17(21)4;1-4-7(5-2)6-3;;/h7-12,18-19H,13H2,1-6H3;4-6H2,1-3H3;1H3;/q-2;;-1;/p+1. The quantitative estimate of drug-likeness (QED) is 0.169. The molecule has 0 radical (unpaired) electrons. The first kappa shape index (κ1) is 33.3. The molecule has 0 aromatic heterocycles. The van der Waals surface area contributed by atoms with Crippen molar-refractivity contribution in [3.05, 3.63) is 76.7 Å². The zero-order valence-corrected chi connectivity index (χ0v) is 24.7. The van der Waals surface area contributed by atoms with Crippen molar-refractivity contribution in [3.63, 3.8) is 0 Å². The van der Waals surface area contributed by atoms with Gasteiger partial charge in [-0.25, -0.2) is 0 Å². The number of nitrogens with zero attached hydrogens (tertiary/aromatic N) is 2. The summed E-state index contributed by atoms with van der Waals surface area (Å²) in [6.45, 7) is 19.8. The Morgan fingerprint density at radius 3 is 1.16 bits per heavy atom. The smallest absolute Gasteiger partial charge is 0.0543 e. The zero-order valence-electron chi connectivity index (χ0n) is 22.2. The van der Waals surface area contributed by atoms with Crippen molar-refractivity contribution < 1.29 is 20.4 Å². The number of benzene rings is 2. The van der Waals surface area contributed by atoms with Crippen LogP contribution in [0.2, 0.25) is 0 Å². The molecule has 0 spiro atoms. The maximum absolute atomic E-state index is 4.92. The molecule has 186 valence electrons. The van der Waals surface area contributed by atoms with E-state index in [1.54, 1.807) is 0 Å². The fraction of sp³-hybridized carbons (Fsp3) is 0.536. The third-order valence-corrected chi connectivity index (χ3v) is 8.76. The third kappa shape index (κ3) is 11.3. The minimum absolute atomic E-state index is 0. The van der Waals surface area contributed by atoms with Crippen LogP contribution >= 0.6 is 7.92 Å². The van der Waals surface area contributed by atoms with E-state index in [2.05, 4.69) is 98.7 Å². The van der Waals surface area contributed by atoms with Gasteiger partial charge in [0.15, 0.2) is 0 Å². The van der Waals surface area contributed by atoms with Crippen molar-refractivity contribution in [2.45, 2.75) is 80.8 Å². The molecule has 4 heteroatoms. The van der Waals surface area contributed by atoms with Crippen LogP contribution < -0.4 is 0 Å². The summed E-state index contributed by atoms with van der Waals surface area (Å²) < 4.78 is 0. The van der Waals surface area contributed by atoms with E-state index in [-0.39, 0.29) is 47.9 Å². The van der Waals surface area contributed by atoms with E-state index < -0.39 is 0 Å². The van der Waals surface area contributed by atoms with Gasteiger partial charge in [0.2, 0.25) is 0 Å². The summed E-state index contributed by atoms with van der Waals surface area (Å²) in [5, 5.41) is 9.85. The first-order chi connectivity index (χ1) is 14.2. The van der Waals surface area contributed by atoms with Gasteiger partial charge in [-0.1, -0.05) is 78.9 Å². The fourth-order valence-corrected chi connectivity index (χ4v) is 5.31. The van der Waals surface area contributed by atoms with Crippen molar-refractivity contribution in [2.24, 2.45) is 0 Å². The maximum Gasteiger partial charge on any atom is 0.0543 e. The number of hydrogen-bond acceptors (Lipinski definition) is 0. The van der Waals surface area contributed by atoms with Gasteiger partial charge in [0.25, 0.3) is 0 Å². The van der Waals surface area contributed by atoms with Crippen LogP contribution in [0.15, 0.2) is 36.4 Å². The molecule has 0 N–H and O–H groups in total. The van der Waals surface area contributed by atoms with Gasteiger partial charge in [0.1, 0.15) is 0 Å². The van der Waals surface area contributed by atoms with E-state index in [0.29, 0.717) is 0 Å². The number of aryl methyl sites for hydroxylation is 4. The Balaban J connectivity index is 0. The van der Waals surface area contributed by atoms with E-state index >= 15 is 0 Å². The van der Waals surface area contributed by atoms with Crippen LogP contribution in [0.3, 0.4) is 0 Å². The molecular formula is C28H47N2PPd-2. The summed E-state index contributed by atoms with van der Waals surface area (Å²) in [5.41, 5.74) is 7.26. The second-order valence-corrected chi connectivity index (χ2v) is 12.1. The summed E-state index contributed by atoms with van der Waals surface area (Å²) in [4.78, 5) is 0. The summed E-state index contributed by atoms with van der Waals surface area (Å²) in [6.07, 6.45) is 5.33. The molecule has 2 atom stereocenters. The van der Waals surface area contributed by atoms with Crippen LogP contribution in [0.4, 0.5) is 11.4 Å². The molecule has 0 aliphatic heterocycles. The number of hydrogen-bond donors (Lipinski definition) is 0. The molecule has 2 unspecified atom stereocenters. The van der Waals surface area contributed by atoms with Crippen LogP contribution in [0.25, 0.3) is 10.6 Å². The summed E-state index contributed by atoms with van der Waals surface area (Å²) in [6, 6.07) is 13.2. The van der Waals surface area contributed by atoms with Gasteiger partial charge < -0.3 is 18.1 Å². The van der Waals surface area contributed by atoms with Crippen LogP contribution in [-0.2, 0) is 20.4 Å². The molecule has 2 aromatic carbocycles. The van der Waals surface area contributed by atoms with Crippen LogP contribution in [-0.4, -0.2) is 30.6 Å². The van der Waals surface area contributed by atoms with Crippen molar-refractivity contribution in [1.29, 1.82) is 0 Å². The van der Waals surface area contributed by atoms with Gasteiger partial charge in [-0.15, -0.1) is 23.5 Å². The molecule has 2 nitrogen and oxygen atoms in total. The topological polar surface area (TPSA) is 28.2 Å². The van der Waals surface area contributed by atoms with Crippen molar-refractivity contribution in [3.8, 4) is 0 Å². The monoisotopic (exact) mass is 548 g/mol. The van der Waals surface area contributed by atoms with Gasteiger partial charge in [0, 0.05) is 20.4 Å². The molecule has 32 heavy (non-hydrogen) atoms. The molecule has 0 heterocycles. The first-order valence-corrected chi connectivity index (χ1v) is 13.7. The molecular weight excluding hydrogens is 502 g/mol. The Hall–Kier alpha value is -0.868. The van der Waals surface area contributed by atoms with Crippen LogP contribution in [0.1, 0.15) is 63.3 Å². The molecule has 0 aliphatic carbocycles. The maximum atomic E-state index is 4.92. The minimum atomic E-state index is 0. The van der Waals surface area contributed by atoms with Crippen LogP contribution in [0, 0.1) is 35.1 Å².